The van der Waals surface area contributed by atoms with E-state index in [1.54, 1.807) is 0 Å². The summed E-state index contributed by atoms with van der Waals surface area (Å²) in [6.45, 7) is 0.448. The van der Waals surface area contributed by atoms with Crippen LogP contribution in [0.2, 0.25) is 0 Å². The Labute approximate surface area is 75.4 Å². The number of carbonyl (C=O) groups excluding carboxylic acids is 1. The molecule has 0 atom stereocenters. The van der Waals surface area contributed by atoms with Gasteiger partial charge in [-0.25, -0.2) is 9.97 Å². The van der Waals surface area contributed by atoms with Crippen molar-refractivity contribution >= 4 is 6.29 Å². The molecule has 0 aliphatic carbocycles. The lowest BCUT2D eigenvalue weighted by Gasteiger charge is -2.01. The lowest BCUT2D eigenvalue weighted by atomic mass is 10.4. The highest BCUT2D eigenvalue weighted by Gasteiger charge is 1.96. The van der Waals surface area contributed by atoms with Crippen LogP contribution in [0, 0.1) is 0 Å². The molecule has 0 amide bonds. The zero-order valence-corrected chi connectivity index (χ0v) is 7.01. The predicted octanol–water partition coefficient (Wildman–Crippen LogP) is 0.0503. The first kappa shape index (κ1) is 9.60. The van der Waals surface area contributed by atoms with E-state index >= 15 is 0 Å². The minimum absolute atomic E-state index is 0.0758. The molecule has 1 N–H and O–H groups in total. The zero-order chi connectivity index (χ0) is 9.52. The largest absolute Gasteiger partial charge is 0.463 e. The molecular weight excluding hydrogens is 172 g/mol. The molecule has 70 valence electrons. The van der Waals surface area contributed by atoms with Gasteiger partial charge in [-0.3, -0.25) is 4.79 Å². The van der Waals surface area contributed by atoms with Gasteiger partial charge in [0.2, 0.25) is 0 Å². The summed E-state index contributed by atoms with van der Waals surface area (Å²) in [5.74, 6) is 0. The number of aliphatic hydroxyl groups is 1. The van der Waals surface area contributed by atoms with E-state index in [4.69, 9.17) is 9.84 Å². The summed E-state index contributed by atoms with van der Waals surface area (Å²) in [7, 11) is 0. The van der Waals surface area contributed by atoms with Gasteiger partial charge in [-0.15, -0.1) is 0 Å². The number of hydrogen-bond donors (Lipinski definition) is 1. The second kappa shape index (κ2) is 5.21. The van der Waals surface area contributed by atoms with Crippen LogP contribution in [0.5, 0.6) is 6.01 Å². The smallest absolute Gasteiger partial charge is 0.316 e. The van der Waals surface area contributed by atoms with E-state index in [1.807, 2.05) is 0 Å². The van der Waals surface area contributed by atoms with Gasteiger partial charge < -0.3 is 9.84 Å². The van der Waals surface area contributed by atoms with Crippen LogP contribution in [0.4, 0.5) is 0 Å². The third-order valence-corrected chi connectivity index (χ3v) is 1.32. The second-order valence-corrected chi connectivity index (χ2v) is 2.34. The number of nitrogens with zero attached hydrogens (tertiary/aromatic N) is 2. The molecule has 0 radical (unpaired) electrons. The van der Waals surface area contributed by atoms with Gasteiger partial charge in [-0.05, 0) is 0 Å². The van der Waals surface area contributed by atoms with Gasteiger partial charge in [0.05, 0.1) is 12.2 Å². The minimum Gasteiger partial charge on any atom is -0.463 e. The van der Waals surface area contributed by atoms with Gasteiger partial charge in [0.25, 0.3) is 0 Å². The highest BCUT2D eigenvalue weighted by Crippen LogP contribution is 2.00. The maximum absolute atomic E-state index is 10.2. The third kappa shape index (κ3) is 3.16. The van der Waals surface area contributed by atoms with Crippen molar-refractivity contribution < 1.29 is 14.6 Å². The van der Waals surface area contributed by atoms with Crippen LogP contribution in [-0.2, 0) is 0 Å². The molecule has 0 aliphatic heterocycles. The first-order valence-corrected chi connectivity index (χ1v) is 3.87. The van der Waals surface area contributed by atoms with Crippen LogP contribution in [-0.4, -0.2) is 34.6 Å². The Morgan fingerprint density at radius 1 is 1.46 bits per heavy atom. The Bertz CT molecular complexity index is 261. The van der Waals surface area contributed by atoms with Crippen molar-refractivity contribution in [2.75, 3.05) is 13.2 Å². The Morgan fingerprint density at radius 3 is 2.69 bits per heavy atom. The monoisotopic (exact) mass is 182 g/mol. The molecule has 0 aromatic carbocycles. The molecular formula is C8H10N2O3. The summed E-state index contributed by atoms with van der Waals surface area (Å²) in [4.78, 5) is 17.8. The second-order valence-electron chi connectivity index (χ2n) is 2.34. The zero-order valence-electron chi connectivity index (χ0n) is 7.01. The van der Waals surface area contributed by atoms with Crippen LogP contribution >= 0.6 is 0 Å². The van der Waals surface area contributed by atoms with Crippen molar-refractivity contribution in [3.63, 3.8) is 0 Å². The fourth-order valence-electron chi connectivity index (χ4n) is 0.690. The molecule has 5 nitrogen and oxygen atoms in total. The molecule has 13 heavy (non-hydrogen) atoms. The van der Waals surface area contributed by atoms with Crippen LogP contribution < -0.4 is 4.74 Å². The average molecular weight is 182 g/mol. The van der Waals surface area contributed by atoms with E-state index in [-0.39, 0.29) is 12.6 Å². The summed E-state index contributed by atoms with van der Waals surface area (Å²) < 4.78 is 5.05. The molecule has 1 rings (SSSR count). The van der Waals surface area contributed by atoms with Crippen LogP contribution in [0.1, 0.15) is 16.8 Å². The van der Waals surface area contributed by atoms with Crippen LogP contribution in [0.3, 0.4) is 0 Å². The van der Waals surface area contributed by atoms with Gasteiger partial charge >= 0.3 is 6.01 Å². The predicted molar refractivity (Wildman–Crippen MR) is 44.6 cm³/mol. The summed E-state index contributed by atoms with van der Waals surface area (Å²) in [5, 5.41) is 8.46. The standard InChI is InChI=1S/C8H10N2O3/c11-2-1-3-13-8-9-4-7(6-12)5-10-8/h4-6,11H,1-3H2. The Hall–Kier alpha value is -1.49. The number of aliphatic hydroxyl groups excluding tert-OH is 1. The molecule has 0 saturated carbocycles. The lowest BCUT2D eigenvalue weighted by molar-refractivity contribution is 0.112. The number of aldehydes is 1. The van der Waals surface area contributed by atoms with E-state index in [0.717, 1.165) is 0 Å². The Kier molecular flexibility index (Phi) is 3.84. The van der Waals surface area contributed by atoms with E-state index in [9.17, 15) is 4.79 Å². The van der Waals surface area contributed by atoms with Gasteiger partial charge in [0.1, 0.15) is 0 Å². The number of carbonyl (C=O) groups is 1. The molecule has 0 unspecified atom stereocenters. The van der Waals surface area contributed by atoms with Gasteiger partial charge in [0, 0.05) is 25.4 Å². The molecule has 0 spiro atoms. The van der Waals surface area contributed by atoms with Crippen molar-refractivity contribution in [1.29, 1.82) is 0 Å². The summed E-state index contributed by atoms with van der Waals surface area (Å²) in [6.07, 6.45) is 3.97. The quantitative estimate of drug-likeness (QED) is 0.514. The lowest BCUT2D eigenvalue weighted by Crippen LogP contribution is -2.03. The van der Waals surface area contributed by atoms with Crippen LogP contribution in [0.25, 0.3) is 0 Å². The first-order chi connectivity index (χ1) is 6.36. The average Bonchev–Trinajstić information content (AvgIpc) is 2.19. The summed E-state index contributed by atoms with van der Waals surface area (Å²) in [6, 6.07) is 0.221. The molecule has 0 saturated heterocycles. The van der Waals surface area contributed by atoms with Crippen molar-refractivity contribution in [3.8, 4) is 6.01 Å². The molecule has 1 heterocycles. The summed E-state index contributed by atoms with van der Waals surface area (Å²) >= 11 is 0. The molecule has 1 aromatic rings. The molecule has 0 bridgehead atoms. The van der Waals surface area contributed by atoms with Crippen LogP contribution in [0.15, 0.2) is 12.4 Å². The van der Waals surface area contributed by atoms with Crippen molar-refractivity contribution in [3.05, 3.63) is 18.0 Å². The number of aromatic nitrogens is 2. The van der Waals surface area contributed by atoms with E-state index in [1.165, 1.54) is 12.4 Å². The van der Waals surface area contributed by atoms with Crippen molar-refractivity contribution in [2.45, 2.75) is 6.42 Å². The highest BCUT2D eigenvalue weighted by atomic mass is 16.5. The van der Waals surface area contributed by atoms with Gasteiger partial charge in [-0.2, -0.15) is 0 Å². The first-order valence-electron chi connectivity index (χ1n) is 3.87. The molecule has 1 aromatic heterocycles. The third-order valence-electron chi connectivity index (χ3n) is 1.32. The van der Waals surface area contributed by atoms with Gasteiger partial charge in [0.15, 0.2) is 6.29 Å². The normalized spacial score (nSPS) is 9.62. The van der Waals surface area contributed by atoms with E-state index in [0.29, 0.717) is 24.9 Å². The fraction of sp³-hybridized carbons (Fsp3) is 0.375. The highest BCUT2D eigenvalue weighted by molar-refractivity contribution is 5.73. The molecule has 0 aliphatic rings. The van der Waals surface area contributed by atoms with Gasteiger partial charge in [-0.1, -0.05) is 0 Å². The maximum atomic E-state index is 10.2. The van der Waals surface area contributed by atoms with Crippen molar-refractivity contribution in [2.24, 2.45) is 0 Å². The van der Waals surface area contributed by atoms with E-state index < -0.39 is 0 Å². The number of rotatable bonds is 5. The SMILES string of the molecule is O=Cc1cnc(OCCCO)nc1. The topological polar surface area (TPSA) is 72.3 Å². The maximum Gasteiger partial charge on any atom is 0.316 e. The Morgan fingerprint density at radius 2 is 2.15 bits per heavy atom. The van der Waals surface area contributed by atoms with E-state index in [2.05, 4.69) is 9.97 Å². The minimum atomic E-state index is 0.0758. The molecule has 5 heteroatoms. The number of hydrogen-bond acceptors (Lipinski definition) is 5. The molecule has 0 fully saturated rings. The van der Waals surface area contributed by atoms with Crippen molar-refractivity contribution in [1.82, 2.24) is 9.97 Å². The fourth-order valence-corrected chi connectivity index (χ4v) is 0.690. The Balaban J connectivity index is 2.44. The summed E-state index contributed by atoms with van der Waals surface area (Å²) in [5.41, 5.74) is 0.412. The number of ether oxygens (including phenoxy) is 1.